The van der Waals surface area contributed by atoms with Crippen LogP contribution in [0.4, 0.5) is 0 Å². The Morgan fingerprint density at radius 1 is 1.13 bits per heavy atom. The molecule has 6 heteroatoms. The van der Waals surface area contributed by atoms with Crippen molar-refractivity contribution in [2.75, 3.05) is 20.3 Å². The monoisotopic (exact) mass is 369 g/mol. The van der Waals surface area contributed by atoms with Crippen molar-refractivity contribution in [1.29, 1.82) is 0 Å². The van der Waals surface area contributed by atoms with Gasteiger partial charge in [-0.25, -0.2) is 0 Å². The molecule has 2 aromatic carbocycles. The van der Waals surface area contributed by atoms with Gasteiger partial charge in [-0.2, -0.15) is 0 Å². The van der Waals surface area contributed by atoms with Crippen molar-refractivity contribution in [3.8, 4) is 5.75 Å². The lowest BCUT2D eigenvalue weighted by molar-refractivity contribution is 0.204. The molecule has 23 heavy (non-hydrogen) atoms. The molecule has 0 aliphatic carbocycles. The second kappa shape index (κ2) is 9.08. The van der Waals surface area contributed by atoms with Gasteiger partial charge < -0.3 is 14.8 Å². The van der Waals surface area contributed by atoms with Crippen LogP contribution in [-0.2, 0) is 11.3 Å². The lowest BCUT2D eigenvalue weighted by Gasteiger charge is -2.10. The van der Waals surface area contributed by atoms with E-state index in [2.05, 4.69) is 5.32 Å². The average molecular weight is 370 g/mol. The van der Waals surface area contributed by atoms with Crippen LogP contribution in [0.25, 0.3) is 0 Å². The predicted molar refractivity (Wildman–Crippen MR) is 98.8 cm³/mol. The first-order valence-electron chi connectivity index (χ1n) is 7.04. The number of methoxy groups -OCH3 is 1. The van der Waals surface area contributed by atoms with Crippen molar-refractivity contribution in [3.63, 3.8) is 0 Å². The third-order valence-corrected chi connectivity index (χ3v) is 4.08. The Balaban J connectivity index is 1.91. The highest BCUT2D eigenvalue weighted by Gasteiger charge is 2.04. The SMILES string of the molecule is COCCNC(=S)c1ccc(OCc2ccc(Cl)cc2Cl)cc1. The largest absolute Gasteiger partial charge is 0.489 e. The molecule has 0 atom stereocenters. The number of ether oxygens (including phenoxy) is 2. The number of hydrogen-bond donors (Lipinski definition) is 1. The van der Waals surface area contributed by atoms with E-state index in [9.17, 15) is 0 Å². The van der Waals surface area contributed by atoms with Crippen LogP contribution in [0.2, 0.25) is 10.0 Å². The lowest BCUT2D eigenvalue weighted by atomic mass is 10.2. The molecule has 0 aromatic heterocycles. The van der Waals surface area contributed by atoms with E-state index in [1.165, 1.54) is 0 Å². The van der Waals surface area contributed by atoms with Gasteiger partial charge >= 0.3 is 0 Å². The Hall–Kier alpha value is -1.33. The molecule has 0 aliphatic rings. The summed E-state index contributed by atoms with van der Waals surface area (Å²) < 4.78 is 10.7. The molecule has 0 spiro atoms. The summed E-state index contributed by atoms with van der Waals surface area (Å²) in [5.74, 6) is 0.749. The maximum absolute atomic E-state index is 6.12. The van der Waals surface area contributed by atoms with Crippen molar-refractivity contribution in [2.24, 2.45) is 0 Å². The topological polar surface area (TPSA) is 30.5 Å². The molecule has 1 N–H and O–H groups in total. The van der Waals surface area contributed by atoms with Gasteiger partial charge in [0.1, 0.15) is 17.3 Å². The molecule has 0 saturated carbocycles. The summed E-state index contributed by atoms with van der Waals surface area (Å²) >= 11 is 17.3. The van der Waals surface area contributed by atoms with E-state index < -0.39 is 0 Å². The normalized spacial score (nSPS) is 10.4. The lowest BCUT2D eigenvalue weighted by Crippen LogP contribution is -2.25. The summed E-state index contributed by atoms with van der Waals surface area (Å²) in [7, 11) is 1.66. The predicted octanol–water partition coefficient (Wildman–Crippen LogP) is 4.48. The van der Waals surface area contributed by atoms with Gasteiger partial charge in [0.05, 0.1) is 6.61 Å². The van der Waals surface area contributed by atoms with E-state index >= 15 is 0 Å². The van der Waals surface area contributed by atoms with Crippen LogP contribution < -0.4 is 10.1 Å². The molecule has 0 heterocycles. The van der Waals surface area contributed by atoms with E-state index in [1.54, 1.807) is 19.2 Å². The third kappa shape index (κ3) is 5.66. The smallest absolute Gasteiger partial charge is 0.119 e. The van der Waals surface area contributed by atoms with Crippen LogP contribution in [0, 0.1) is 0 Å². The van der Waals surface area contributed by atoms with Crippen LogP contribution in [0.1, 0.15) is 11.1 Å². The molecular weight excluding hydrogens is 353 g/mol. The maximum atomic E-state index is 6.12. The Morgan fingerprint density at radius 3 is 2.52 bits per heavy atom. The third-order valence-electron chi connectivity index (χ3n) is 3.12. The van der Waals surface area contributed by atoms with Gasteiger partial charge in [-0.05, 0) is 36.4 Å². The van der Waals surface area contributed by atoms with Crippen molar-refractivity contribution in [1.82, 2.24) is 5.32 Å². The summed E-state index contributed by atoms with van der Waals surface area (Å²) in [5, 5.41) is 4.33. The van der Waals surface area contributed by atoms with Crippen molar-refractivity contribution in [3.05, 3.63) is 63.6 Å². The van der Waals surface area contributed by atoms with E-state index in [1.807, 2.05) is 30.3 Å². The van der Waals surface area contributed by atoms with Crippen LogP contribution in [0.5, 0.6) is 5.75 Å². The van der Waals surface area contributed by atoms with Crippen LogP contribution in [0.3, 0.4) is 0 Å². The van der Waals surface area contributed by atoms with E-state index in [4.69, 9.17) is 44.9 Å². The van der Waals surface area contributed by atoms with E-state index in [-0.39, 0.29) is 0 Å². The van der Waals surface area contributed by atoms with Crippen molar-refractivity contribution in [2.45, 2.75) is 6.61 Å². The number of thiocarbonyl (C=S) groups is 1. The number of nitrogens with one attached hydrogen (secondary N) is 1. The van der Waals surface area contributed by atoms with Gasteiger partial charge in [-0.3, -0.25) is 0 Å². The molecule has 0 saturated heterocycles. The standard InChI is InChI=1S/C17H17Cl2NO2S/c1-21-9-8-20-17(23)12-3-6-15(7-4-12)22-11-13-2-5-14(18)10-16(13)19/h2-7,10H,8-9,11H2,1H3,(H,20,23). The second-order valence-electron chi connectivity index (χ2n) is 4.80. The number of benzene rings is 2. The average Bonchev–Trinajstić information content (AvgIpc) is 2.55. The maximum Gasteiger partial charge on any atom is 0.119 e. The first kappa shape index (κ1) is 18.0. The molecule has 0 bridgehead atoms. The molecule has 0 fully saturated rings. The highest BCUT2D eigenvalue weighted by atomic mass is 35.5. The van der Waals surface area contributed by atoms with Gasteiger partial charge in [0.25, 0.3) is 0 Å². The molecule has 122 valence electrons. The van der Waals surface area contributed by atoms with E-state index in [0.29, 0.717) is 34.8 Å². The van der Waals surface area contributed by atoms with Crippen molar-refractivity contribution >= 4 is 40.4 Å². The summed E-state index contributed by atoms with van der Waals surface area (Å²) in [6.45, 7) is 1.68. The minimum absolute atomic E-state index is 0.381. The van der Waals surface area contributed by atoms with Gasteiger partial charge in [-0.1, -0.05) is 41.5 Å². The highest BCUT2D eigenvalue weighted by Crippen LogP contribution is 2.22. The molecule has 0 amide bonds. The minimum atomic E-state index is 0.381. The minimum Gasteiger partial charge on any atom is -0.489 e. The van der Waals surface area contributed by atoms with Gasteiger partial charge in [0.15, 0.2) is 0 Å². The fraction of sp³-hybridized carbons (Fsp3) is 0.235. The Morgan fingerprint density at radius 2 is 1.87 bits per heavy atom. The van der Waals surface area contributed by atoms with Gasteiger partial charge in [0.2, 0.25) is 0 Å². The molecular formula is C17H17Cl2NO2S. The Kier molecular flexibility index (Phi) is 7.12. The first-order valence-corrected chi connectivity index (χ1v) is 8.20. The zero-order chi connectivity index (χ0) is 16.7. The summed E-state index contributed by atoms with van der Waals surface area (Å²) in [6.07, 6.45) is 0. The Bertz CT molecular complexity index is 662. The molecule has 0 unspecified atom stereocenters. The van der Waals surface area contributed by atoms with Crippen molar-refractivity contribution < 1.29 is 9.47 Å². The summed E-state index contributed by atoms with van der Waals surface area (Å²) in [4.78, 5) is 0.689. The Labute approximate surface area is 151 Å². The molecule has 2 aromatic rings. The molecule has 2 rings (SSSR count). The second-order valence-corrected chi connectivity index (χ2v) is 6.05. The number of hydrogen-bond acceptors (Lipinski definition) is 3. The van der Waals surface area contributed by atoms with Crippen LogP contribution in [-0.4, -0.2) is 25.2 Å². The number of rotatable bonds is 7. The molecule has 3 nitrogen and oxygen atoms in total. The quantitative estimate of drug-likeness (QED) is 0.575. The molecule has 0 radical (unpaired) electrons. The zero-order valence-corrected chi connectivity index (χ0v) is 15.0. The van der Waals surface area contributed by atoms with Gasteiger partial charge in [-0.15, -0.1) is 0 Å². The number of halogens is 2. The first-order chi connectivity index (χ1) is 11.1. The van der Waals surface area contributed by atoms with Crippen LogP contribution >= 0.6 is 35.4 Å². The molecule has 0 aliphatic heterocycles. The highest BCUT2D eigenvalue weighted by molar-refractivity contribution is 7.80. The fourth-order valence-corrected chi connectivity index (χ4v) is 2.57. The van der Waals surface area contributed by atoms with Crippen LogP contribution in [0.15, 0.2) is 42.5 Å². The summed E-state index contributed by atoms with van der Waals surface area (Å²) in [6, 6.07) is 12.9. The fourth-order valence-electron chi connectivity index (χ4n) is 1.87. The van der Waals surface area contributed by atoms with Gasteiger partial charge in [0, 0.05) is 34.8 Å². The summed E-state index contributed by atoms with van der Waals surface area (Å²) in [5.41, 5.74) is 1.82. The zero-order valence-electron chi connectivity index (χ0n) is 12.6. The van der Waals surface area contributed by atoms with E-state index in [0.717, 1.165) is 16.9 Å².